The Hall–Kier alpha value is -1.25. The molecule has 3 nitrogen and oxygen atoms in total. The van der Waals surface area contributed by atoms with Crippen LogP contribution in [-0.2, 0) is 11.8 Å². The average Bonchev–Trinajstić information content (AvgIpc) is 2.85. The van der Waals surface area contributed by atoms with Crippen molar-refractivity contribution in [2.24, 2.45) is 7.05 Å². The molecule has 1 amide bonds. The topological polar surface area (TPSA) is 25.2 Å². The van der Waals surface area contributed by atoms with Gasteiger partial charge < -0.3 is 9.47 Å². The summed E-state index contributed by atoms with van der Waals surface area (Å²) in [5, 5.41) is 0. The van der Waals surface area contributed by atoms with Crippen LogP contribution in [0.5, 0.6) is 0 Å². The summed E-state index contributed by atoms with van der Waals surface area (Å²) in [5.41, 5.74) is 1.27. The molecule has 1 aliphatic rings. The fourth-order valence-corrected chi connectivity index (χ4v) is 2.55. The Labute approximate surface area is 97.1 Å². The molecule has 1 aliphatic heterocycles. The van der Waals surface area contributed by atoms with E-state index in [0.717, 1.165) is 25.8 Å². The second-order valence-electron chi connectivity index (χ2n) is 4.54. The minimum absolute atomic E-state index is 0.305. The number of rotatable bonds is 3. The summed E-state index contributed by atoms with van der Waals surface area (Å²) >= 11 is 0. The summed E-state index contributed by atoms with van der Waals surface area (Å²) in [6.07, 6.45) is 5.91. The highest BCUT2D eigenvalue weighted by molar-refractivity contribution is 5.76. The van der Waals surface area contributed by atoms with Crippen LogP contribution in [0.4, 0.5) is 0 Å². The first-order valence-corrected chi connectivity index (χ1v) is 6.14. The molecule has 1 atom stereocenters. The molecule has 16 heavy (non-hydrogen) atoms. The van der Waals surface area contributed by atoms with Gasteiger partial charge in [0.2, 0.25) is 5.91 Å². The first-order valence-electron chi connectivity index (χ1n) is 6.14. The summed E-state index contributed by atoms with van der Waals surface area (Å²) in [6, 6.07) is 4.48. The molecule has 0 unspecified atom stereocenters. The second-order valence-corrected chi connectivity index (χ2v) is 4.54. The molecule has 2 heterocycles. The zero-order valence-electron chi connectivity index (χ0n) is 10.1. The van der Waals surface area contributed by atoms with Gasteiger partial charge in [-0.15, -0.1) is 0 Å². The average molecular weight is 220 g/mol. The number of amides is 1. The van der Waals surface area contributed by atoms with Crippen LogP contribution >= 0.6 is 0 Å². The van der Waals surface area contributed by atoms with Crippen molar-refractivity contribution < 1.29 is 4.79 Å². The number of aryl methyl sites for hydroxylation is 1. The van der Waals surface area contributed by atoms with Crippen molar-refractivity contribution in [3.8, 4) is 0 Å². The Kier molecular flexibility index (Phi) is 3.32. The number of carbonyl (C=O) groups excluding carboxylic acids is 1. The minimum Gasteiger partial charge on any atom is -0.353 e. The van der Waals surface area contributed by atoms with Gasteiger partial charge in [0.25, 0.3) is 0 Å². The normalized spacial score (nSPS) is 20.4. The summed E-state index contributed by atoms with van der Waals surface area (Å²) < 4.78 is 2.13. The monoisotopic (exact) mass is 220 g/mol. The molecular formula is C13H20N2O. The van der Waals surface area contributed by atoms with Crippen LogP contribution in [-0.4, -0.2) is 21.9 Å². The van der Waals surface area contributed by atoms with Gasteiger partial charge in [0, 0.05) is 31.9 Å². The van der Waals surface area contributed by atoms with Gasteiger partial charge in [0.1, 0.15) is 0 Å². The van der Waals surface area contributed by atoms with Crippen LogP contribution in [0.3, 0.4) is 0 Å². The van der Waals surface area contributed by atoms with Crippen LogP contribution < -0.4 is 0 Å². The number of aromatic nitrogens is 1. The van der Waals surface area contributed by atoms with Crippen molar-refractivity contribution >= 4 is 5.91 Å². The van der Waals surface area contributed by atoms with Gasteiger partial charge in [-0.3, -0.25) is 4.79 Å². The Bertz CT molecular complexity index is 370. The lowest BCUT2D eigenvalue weighted by atomic mass is 10.1. The Morgan fingerprint density at radius 3 is 3.00 bits per heavy atom. The smallest absolute Gasteiger partial charge is 0.223 e. The zero-order chi connectivity index (χ0) is 11.5. The molecule has 88 valence electrons. The maximum Gasteiger partial charge on any atom is 0.223 e. The van der Waals surface area contributed by atoms with Gasteiger partial charge in [0.05, 0.1) is 6.04 Å². The summed E-state index contributed by atoms with van der Waals surface area (Å²) in [5.74, 6) is 0.311. The van der Waals surface area contributed by atoms with Gasteiger partial charge in [-0.25, -0.2) is 0 Å². The van der Waals surface area contributed by atoms with Gasteiger partial charge in [-0.05, 0) is 31.4 Å². The Morgan fingerprint density at radius 1 is 1.56 bits per heavy atom. The lowest BCUT2D eigenvalue weighted by Crippen LogP contribution is -2.31. The van der Waals surface area contributed by atoms with Crippen molar-refractivity contribution in [3.05, 3.63) is 24.0 Å². The summed E-state index contributed by atoms with van der Waals surface area (Å²) in [6.45, 7) is 2.99. The van der Waals surface area contributed by atoms with Crippen molar-refractivity contribution in [2.75, 3.05) is 6.54 Å². The maximum absolute atomic E-state index is 12.0. The Balaban J connectivity index is 2.15. The van der Waals surface area contributed by atoms with Crippen LogP contribution in [0, 0.1) is 0 Å². The highest BCUT2D eigenvalue weighted by Gasteiger charge is 2.30. The van der Waals surface area contributed by atoms with Gasteiger partial charge in [-0.2, -0.15) is 0 Å². The molecule has 3 heteroatoms. The van der Waals surface area contributed by atoms with E-state index in [9.17, 15) is 4.79 Å². The number of carbonyl (C=O) groups is 1. The third-order valence-electron chi connectivity index (χ3n) is 3.36. The first kappa shape index (κ1) is 11.2. The molecule has 0 radical (unpaired) electrons. The van der Waals surface area contributed by atoms with E-state index in [0.29, 0.717) is 18.4 Å². The van der Waals surface area contributed by atoms with Gasteiger partial charge in [0.15, 0.2) is 0 Å². The van der Waals surface area contributed by atoms with Crippen molar-refractivity contribution in [2.45, 2.75) is 38.6 Å². The molecule has 0 aliphatic carbocycles. The van der Waals surface area contributed by atoms with Crippen LogP contribution in [0.15, 0.2) is 18.3 Å². The maximum atomic E-state index is 12.0. The van der Waals surface area contributed by atoms with Crippen LogP contribution in [0.25, 0.3) is 0 Å². The first-order chi connectivity index (χ1) is 7.74. The number of hydrogen-bond acceptors (Lipinski definition) is 1. The summed E-state index contributed by atoms with van der Waals surface area (Å²) in [4.78, 5) is 14.0. The van der Waals surface area contributed by atoms with Crippen LogP contribution in [0.1, 0.15) is 44.3 Å². The van der Waals surface area contributed by atoms with Crippen LogP contribution in [0.2, 0.25) is 0 Å². The number of likely N-dealkylation sites (tertiary alicyclic amines) is 1. The van der Waals surface area contributed by atoms with E-state index < -0.39 is 0 Å². The van der Waals surface area contributed by atoms with E-state index in [-0.39, 0.29) is 0 Å². The molecule has 0 spiro atoms. The quantitative estimate of drug-likeness (QED) is 0.768. The third-order valence-corrected chi connectivity index (χ3v) is 3.36. The molecule has 0 aromatic carbocycles. The second kappa shape index (κ2) is 4.73. The molecule has 1 saturated heterocycles. The molecule has 0 bridgehead atoms. The Morgan fingerprint density at radius 2 is 2.38 bits per heavy atom. The SMILES string of the molecule is CCCC(=O)N1CCC[C@@H]1c1cccn1C. The zero-order valence-corrected chi connectivity index (χ0v) is 10.1. The van der Waals surface area contributed by atoms with Gasteiger partial charge in [-0.1, -0.05) is 6.92 Å². The van der Waals surface area contributed by atoms with E-state index in [2.05, 4.69) is 41.8 Å². The standard InChI is InChI=1S/C13H20N2O/c1-3-6-13(16)15-10-5-8-12(15)11-7-4-9-14(11)2/h4,7,9,12H,3,5-6,8,10H2,1-2H3/t12-/m1/s1. The van der Waals surface area contributed by atoms with Crippen molar-refractivity contribution in [3.63, 3.8) is 0 Å². The molecule has 1 fully saturated rings. The predicted octanol–water partition coefficient (Wildman–Crippen LogP) is 2.49. The fraction of sp³-hybridized carbons (Fsp3) is 0.615. The van der Waals surface area contributed by atoms with Crippen molar-refractivity contribution in [1.82, 2.24) is 9.47 Å². The minimum atomic E-state index is 0.305. The van der Waals surface area contributed by atoms with E-state index in [1.165, 1.54) is 5.69 Å². The lowest BCUT2D eigenvalue weighted by molar-refractivity contribution is -0.132. The van der Waals surface area contributed by atoms with E-state index in [1.54, 1.807) is 0 Å². The highest BCUT2D eigenvalue weighted by Crippen LogP contribution is 2.32. The van der Waals surface area contributed by atoms with E-state index in [1.807, 2.05) is 0 Å². The largest absolute Gasteiger partial charge is 0.353 e. The third kappa shape index (κ3) is 1.99. The van der Waals surface area contributed by atoms with Crippen molar-refractivity contribution in [1.29, 1.82) is 0 Å². The molecule has 2 rings (SSSR count). The predicted molar refractivity (Wildman–Crippen MR) is 64.0 cm³/mol. The molecule has 0 N–H and O–H groups in total. The molecular weight excluding hydrogens is 200 g/mol. The highest BCUT2D eigenvalue weighted by atomic mass is 16.2. The molecule has 1 aromatic heterocycles. The van der Waals surface area contributed by atoms with Gasteiger partial charge >= 0.3 is 0 Å². The lowest BCUT2D eigenvalue weighted by Gasteiger charge is -2.25. The number of nitrogens with zero attached hydrogens (tertiary/aromatic N) is 2. The fourth-order valence-electron chi connectivity index (χ4n) is 2.55. The van der Waals surface area contributed by atoms with E-state index >= 15 is 0 Å². The molecule has 0 saturated carbocycles. The molecule has 1 aromatic rings. The summed E-state index contributed by atoms with van der Waals surface area (Å²) in [7, 11) is 2.05. The number of hydrogen-bond donors (Lipinski definition) is 0. The van der Waals surface area contributed by atoms with E-state index in [4.69, 9.17) is 0 Å².